The van der Waals surface area contributed by atoms with E-state index in [2.05, 4.69) is 6.07 Å². The second kappa shape index (κ2) is 4.43. The second-order valence-corrected chi connectivity index (χ2v) is 4.17. The van der Waals surface area contributed by atoms with E-state index in [4.69, 9.17) is 11.0 Å². The van der Waals surface area contributed by atoms with Crippen molar-refractivity contribution in [2.24, 2.45) is 17.6 Å². The van der Waals surface area contributed by atoms with Gasteiger partial charge in [0.1, 0.15) is 0 Å². The molecule has 0 radical (unpaired) electrons. The molecule has 1 aliphatic heterocycles. The summed E-state index contributed by atoms with van der Waals surface area (Å²) in [5, 5.41) is 8.69. The molecule has 0 aromatic heterocycles. The van der Waals surface area contributed by atoms with Gasteiger partial charge < -0.3 is 10.6 Å². The van der Waals surface area contributed by atoms with Crippen molar-refractivity contribution in [3.63, 3.8) is 0 Å². The van der Waals surface area contributed by atoms with Crippen molar-refractivity contribution in [3.05, 3.63) is 0 Å². The molecular weight excluding hydrogens is 178 g/mol. The Balaban J connectivity index is 2.52. The van der Waals surface area contributed by atoms with Crippen molar-refractivity contribution in [3.8, 4) is 6.07 Å². The van der Waals surface area contributed by atoms with Crippen LogP contribution in [0.2, 0.25) is 0 Å². The van der Waals surface area contributed by atoms with E-state index in [-0.39, 0.29) is 17.7 Å². The molecule has 0 aromatic rings. The number of hydrogen-bond donors (Lipinski definition) is 1. The van der Waals surface area contributed by atoms with Gasteiger partial charge in [0.25, 0.3) is 0 Å². The number of likely N-dealkylation sites (tertiary alicyclic amines) is 1. The fourth-order valence-electron chi connectivity index (χ4n) is 1.56. The zero-order valence-electron chi connectivity index (χ0n) is 8.73. The number of rotatable bonds is 2. The van der Waals surface area contributed by atoms with Gasteiger partial charge in [-0.1, -0.05) is 13.8 Å². The van der Waals surface area contributed by atoms with Gasteiger partial charge in [0.05, 0.1) is 18.0 Å². The van der Waals surface area contributed by atoms with Gasteiger partial charge in [-0.05, 0) is 12.3 Å². The molecule has 0 saturated carbocycles. The molecule has 0 aromatic carbocycles. The van der Waals surface area contributed by atoms with E-state index < -0.39 is 6.04 Å². The molecule has 1 unspecified atom stereocenters. The summed E-state index contributed by atoms with van der Waals surface area (Å²) in [5.41, 5.74) is 5.75. The molecule has 1 aliphatic rings. The molecule has 1 saturated heterocycles. The van der Waals surface area contributed by atoms with Crippen molar-refractivity contribution in [1.82, 2.24) is 4.90 Å². The van der Waals surface area contributed by atoms with E-state index in [0.717, 1.165) is 6.42 Å². The van der Waals surface area contributed by atoms with Crippen LogP contribution in [-0.2, 0) is 4.79 Å². The summed E-state index contributed by atoms with van der Waals surface area (Å²) in [4.78, 5) is 13.4. The Bertz CT molecular complexity index is 257. The van der Waals surface area contributed by atoms with Crippen molar-refractivity contribution >= 4 is 5.91 Å². The predicted octanol–water partition coefficient (Wildman–Crippen LogP) is 0.342. The normalized spacial score (nSPS) is 23.6. The lowest BCUT2D eigenvalue weighted by atomic mass is 10.0. The van der Waals surface area contributed by atoms with E-state index >= 15 is 0 Å². The fraction of sp³-hybridized carbons (Fsp3) is 0.800. The van der Waals surface area contributed by atoms with Gasteiger partial charge in [0.2, 0.25) is 5.91 Å². The standard InChI is InChI=1S/C10H17N3O/c1-7(2)9(12)10(14)13-4-3-8(5-11)6-13/h7-9H,3-4,6,12H2,1-2H3/t8?,9-/m0/s1. The lowest BCUT2D eigenvalue weighted by molar-refractivity contribution is -0.132. The van der Waals surface area contributed by atoms with Crippen molar-refractivity contribution < 1.29 is 4.79 Å². The molecule has 1 rings (SSSR count). The van der Waals surface area contributed by atoms with Gasteiger partial charge in [-0.3, -0.25) is 4.79 Å². The third kappa shape index (κ3) is 2.24. The third-order valence-electron chi connectivity index (χ3n) is 2.69. The van der Waals surface area contributed by atoms with Crippen LogP contribution in [0.5, 0.6) is 0 Å². The van der Waals surface area contributed by atoms with Crippen molar-refractivity contribution in [2.75, 3.05) is 13.1 Å². The first kappa shape index (κ1) is 11.0. The maximum absolute atomic E-state index is 11.7. The minimum Gasteiger partial charge on any atom is -0.340 e. The van der Waals surface area contributed by atoms with E-state index in [1.54, 1.807) is 4.90 Å². The van der Waals surface area contributed by atoms with Crippen LogP contribution in [0.1, 0.15) is 20.3 Å². The van der Waals surface area contributed by atoms with Gasteiger partial charge in [-0.2, -0.15) is 5.26 Å². The maximum atomic E-state index is 11.7. The fourth-order valence-corrected chi connectivity index (χ4v) is 1.56. The summed E-state index contributed by atoms with van der Waals surface area (Å²) in [6.07, 6.45) is 0.785. The first-order valence-corrected chi connectivity index (χ1v) is 5.00. The monoisotopic (exact) mass is 195 g/mol. The van der Waals surface area contributed by atoms with Gasteiger partial charge >= 0.3 is 0 Å². The van der Waals surface area contributed by atoms with Gasteiger partial charge in [-0.15, -0.1) is 0 Å². The number of nitrogens with zero attached hydrogens (tertiary/aromatic N) is 2. The Hall–Kier alpha value is -1.08. The Morgan fingerprint density at radius 1 is 1.64 bits per heavy atom. The minimum atomic E-state index is -0.424. The van der Waals surface area contributed by atoms with E-state index in [9.17, 15) is 4.79 Å². The van der Waals surface area contributed by atoms with Crippen LogP contribution in [0.3, 0.4) is 0 Å². The quantitative estimate of drug-likeness (QED) is 0.690. The highest BCUT2D eigenvalue weighted by Crippen LogP contribution is 2.16. The van der Waals surface area contributed by atoms with Gasteiger partial charge in [-0.25, -0.2) is 0 Å². The highest BCUT2D eigenvalue weighted by atomic mass is 16.2. The number of amides is 1. The van der Waals surface area contributed by atoms with Gasteiger partial charge in [0, 0.05) is 13.1 Å². The number of nitrogens with two attached hydrogens (primary N) is 1. The number of hydrogen-bond acceptors (Lipinski definition) is 3. The molecule has 0 spiro atoms. The molecule has 2 N–H and O–H groups in total. The molecule has 0 aliphatic carbocycles. The topological polar surface area (TPSA) is 70.1 Å². The molecule has 1 amide bonds. The third-order valence-corrected chi connectivity index (χ3v) is 2.69. The number of nitriles is 1. The second-order valence-electron chi connectivity index (χ2n) is 4.17. The molecule has 78 valence electrons. The van der Waals surface area contributed by atoms with Crippen LogP contribution < -0.4 is 5.73 Å². The maximum Gasteiger partial charge on any atom is 0.239 e. The average molecular weight is 195 g/mol. The van der Waals surface area contributed by atoms with Crippen LogP contribution in [0.15, 0.2) is 0 Å². The molecule has 0 bridgehead atoms. The molecule has 2 atom stereocenters. The Morgan fingerprint density at radius 2 is 2.29 bits per heavy atom. The smallest absolute Gasteiger partial charge is 0.239 e. The summed E-state index contributed by atoms with van der Waals surface area (Å²) in [7, 11) is 0. The lowest BCUT2D eigenvalue weighted by Crippen LogP contribution is -2.45. The molecule has 1 heterocycles. The summed E-state index contributed by atoms with van der Waals surface area (Å²) in [6.45, 7) is 5.09. The van der Waals surface area contributed by atoms with Crippen LogP contribution in [0.25, 0.3) is 0 Å². The first-order chi connectivity index (χ1) is 6.56. The predicted molar refractivity (Wildman–Crippen MR) is 53.1 cm³/mol. The van der Waals surface area contributed by atoms with Crippen molar-refractivity contribution in [2.45, 2.75) is 26.3 Å². The Morgan fingerprint density at radius 3 is 2.71 bits per heavy atom. The number of carbonyl (C=O) groups is 1. The van der Waals surface area contributed by atoms with E-state index in [0.29, 0.717) is 13.1 Å². The average Bonchev–Trinajstić information content (AvgIpc) is 2.63. The Labute approximate surface area is 84.7 Å². The highest BCUT2D eigenvalue weighted by molar-refractivity contribution is 5.82. The van der Waals surface area contributed by atoms with Crippen LogP contribution in [-0.4, -0.2) is 29.9 Å². The molecule has 4 heteroatoms. The summed E-state index contributed by atoms with van der Waals surface area (Å²) in [5.74, 6) is 0.139. The van der Waals surface area contributed by atoms with Gasteiger partial charge in [0.15, 0.2) is 0 Å². The largest absolute Gasteiger partial charge is 0.340 e. The molecule has 4 nitrogen and oxygen atoms in total. The first-order valence-electron chi connectivity index (χ1n) is 5.00. The molecule has 14 heavy (non-hydrogen) atoms. The SMILES string of the molecule is CC(C)[C@H](N)C(=O)N1CCC(C#N)C1. The summed E-state index contributed by atoms with van der Waals surface area (Å²) >= 11 is 0. The lowest BCUT2D eigenvalue weighted by Gasteiger charge is -2.22. The highest BCUT2D eigenvalue weighted by Gasteiger charge is 2.30. The zero-order chi connectivity index (χ0) is 10.7. The summed E-state index contributed by atoms with van der Waals surface area (Å²) in [6, 6.07) is 1.76. The molecular formula is C10H17N3O. The van der Waals surface area contributed by atoms with Crippen LogP contribution in [0.4, 0.5) is 0 Å². The van der Waals surface area contributed by atoms with Crippen molar-refractivity contribution in [1.29, 1.82) is 5.26 Å². The zero-order valence-corrected chi connectivity index (χ0v) is 8.73. The van der Waals surface area contributed by atoms with Crippen LogP contribution in [0, 0.1) is 23.2 Å². The minimum absolute atomic E-state index is 0.00156. The van der Waals surface area contributed by atoms with E-state index in [1.165, 1.54) is 0 Å². The summed E-state index contributed by atoms with van der Waals surface area (Å²) < 4.78 is 0. The van der Waals surface area contributed by atoms with Crippen LogP contribution >= 0.6 is 0 Å². The number of carbonyl (C=O) groups excluding carboxylic acids is 1. The Kier molecular flexibility index (Phi) is 3.48. The van der Waals surface area contributed by atoms with E-state index in [1.807, 2.05) is 13.8 Å². The molecule has 1 fully saturated rings.